The van der Waals surface area contributed by atoms with E-state index in [-0.39, 0.29) is 0 Å². The summed E-state index contributed by atoms with van der Waals surface area (Å²) in [6.07, 6.45) is 7.05. The zero-order valence-electron chi connectivity index (χ0n) is 10.0. The van der Waals surface area contributed by atoms with Crippen molar-refractivity contribution in [1.82, 2.24) is 9.80 Å². The third kappa shape index (κ3) is 5.59. The van der Waals surface area contributed by atoms with Crippen molar-refractivity contribution >= 4 is 12.6 Å². The normalized spacial score (nSPS) is 20.5. The highest BCUT2D eigenvalue weighted by Gasteiger charge is 2.17. The monoisotopic (exact) mass is 228 g/mol. The number of hydrogen-bond acceptors (Lipinski definition) is 3. The number of likely N-dealkylation sites (tertiary alicyclic amines) is 1. The van der Waals surface area contributed by atoms with Crippen molar-refractivity contribution in [3.63, 3.8) is 0 Å². The molecule has 0 aromatic rings. The first kappa shape index (κ1) is 13.1. The van der Waals surface area contributed by atoms with Crippen molar-refractivity contribution in [2.24, 2.45) is 5.92 Å². The van der Waals surface area contributed by atoms with Gasteiger partial charge in [-0.15, -0.1) is 0 Å². The van der Waals surface area contributed by atoms with Crippen molar-refractivity contribution in [2.45, 2.75) is 12.8 Å². The molecule has 1 saturated heterocycles. The second-order valence-corrected chi connectivity index (χ2v) is 4.99. The zero-order valence-corrected chi connectivity index (χ0v) is 10.9. The van der Waals surface area contributed by atoms with Gasteiger partial charge in [0.05, 0.1) is 0 Å². The van der Waals surface area contributed by atoms with Crippen LogP contribution >= 0.6 is 12.6 Å². The van der Waals surface area contributed by atoms with Crippen molar-refractivity contribution in [3.8, 4) is 0 Å². The van der Waals surface area contributed by atoms with E-state index in [2.05, 4.69) is 48.7 Å². The molecule has 3 heteroatoms. The van der Waals surface area contributed by atoms with Crippen LogP contribution in [0.3, 0.4) is 0 Å². The molecule has 1 fully saturated rings. The Hall–Kier alpha value is 0.01000. The molecule has 0 saturated carbocycles. The van der Waals surface area contributed by atoms with Crippen LogP contribution in [0.1, 0.15) is 12.8 Å². The van der Waals surface area contributed by atoms with Gasteiger partial charge in [-0.2, -0.15) is 12.6 Å². The second-order valence-electron chi connectivity index (χ2n) is 4.62. The quantitative estimate of drug-likeness (QED) is 0.566. The highest BCUT2D eigenvalue weighted by molar-refractivity contribution is 7.80. The molecule has 0 unspecified atom stereocenters. The van der Waals surface area contributed by atoms with E-state index >= 15 is 0 Å². The Labute approximate surface area is 99.7 Å². The van der Waals surface area contributed by atoms with Crippen LogP contribution in [0.4, 0.5) is 0 Å². The van der Waals surface area contributed by atoms with Crippen LogP contribution in [0.15, 0.2) is 12.2 Å². The lowest BCUT2D eigenvalue weighted by Gasteiger charge is -2.31. The predicted molar refractivity (Wildman–Crippen MR) is 70.7 cm³/mol. The lowest BCUT2D eigenvalue weighted by atomic mass is 9.97. The molecule has 15 heavy (non-hydrogen) atoms. The maximum Gasteiger partial charge on any atom is 0.0160 e. The van der Waals surface area contributed by atoms with E-state index in [9.17, 15) is 0 Å². The Bertz CT molecular complexity index is 186. The Morgan fingerprint density at radius 3 is 2.60 bits per heavy atom. The van der Waals surface area contributed by atoms with Crippen molar-refractivity contribution in [1.29, 1.82) is 0 Å². The Kier molecular flexibility index (Phi) is 6.37. The molecule has 88 valence electrons. The molecule has 1 aliphatic rings. The molecule has 1 aliphatic heterocycles. The number of rotatable bonds is 5. The van der Waals surface area contributed by atoms with Gasteiger partial charge in [0.25, 0.3) is 0 Å². The van der Waals surface area contributed by atoms with Crippen LogP contribution in [0.2, 0.25) is 0 Å². The summed E-state index contributed by atoms with van der Waals surface area (Å²) < 4.78 is 0. The van der Waals surface area contributed by atoms with Crippen LogP contribution in [-0.4, -0.2) is 55.8 Å². The van der Waals surface area contributed by atoms with E-state index in [1.807, 2.05) is 0 Å². The summed E-state index contributed by atoms with van der Waals surface area (Å²) >= 11 is 4.15. The molecular weight excluding hydrogens is 204 g/mol. The highest BCUT2D eigenvalue weighted by atomic mass is 32.1. The number of piperidine rings is 1. The second kappa shape index (κ2) is 7.31. The van der Waals surface area contributed by atoms with Gasteiger partial charge in [0.15, 0.2) is 0 Å². The minimum atomic E-state index is 0.849. The van der Waals surface area contributed by atoms with E-state index in [0.29, 0.717) is 0 Å². The summed E-state index contributed by atoms with van der Waals surface area (Å²) in [7, 11) is 4.43. The van der Waals surface area contributed by atoms with Gasteiger partial charge in [-0.1, -0.05) is 12.2 Å². The van der Waals surface area contributed by atoms with Gasteiger partial charge in [-0.25, -0.2) is 0 Å². The predicted octanol–water partition coefficient (Wildman–Crippen LogP) is 1.75. The van der Waals surface area contributed by atoms with Crippen molar-refractivity contribution in [2.75, 3.05) is 46.0 Å². The summed E-state index contributed by atoms with van der Waals surface area (Å²) in [6.45, 7) is 4.84. The molecule has 0 spiro atoms. The fraction of sp³-hybridized carbons (Fsp3) is 0.833. The van der Waals surface area contributed by atoms with Crippen molar-refractivity contribution < 1.29 is 0 Å². The fourth-order valence-corrected chi connectivity index (χ4v) is 2.24. The lowest BCUT2D eigenvalue weighted by Crippen LogP contribution is -2.35. The van der Waals surface area contributed by atoms with Crippen LogP contribution in [0.25, 0.3) is 0 Å². The zero-order chi connectivity index (χ0) is 11.1. The number of likely N-dealkylation sites (N-methyl/N-ethyl adjacent to an activating group) is 1. The molecule has 1 heterocycles. The minimum Gasteiger partial charge on any atom is -0.306 e. The van der Waals surface area contributed by atoms with Crippen LogP contribution < -0.4 is 0 Å². The third-order valence-corrected chi connectivity index (χ3v) is 3.31. The summed E-state index contributed by atoms with van der Waals surface area (Å²) in [4.78, 5) is 4.84. The summed E-state index contributed by atoms with van der Waals surface area (Å²) in [6, 6.07) is 0. The lowest BCUT2D eigenvalue weighted by molar-refractivity contribution is 0.182. The van der Waals surface area contributed by atoms with Crippen molar-refractivity contribution in [3.05, 3.63) is 12.2 Å². The minimum absolute atomic E-state index is 0.849. The molecule has 0 aliphatic carbocycles. The SMILES string of the molecule is CN1CCC(CN(C)CC=CCS)CC1. The number of hydrogen-bond donors (Lipinski definition) is 1. The fourth-order valence-electron chi connectivity index (χ4n) is 2.09. The maximum atomic E-state index is 4.15. The van der Waals surface area contributed by atoms with Gasteiger partial charge in [0, 0.05) is 18.8 Å². The van der Waals surface area contributed by atoms with Crippen LogP contribution in [0, 0.1) is 5.92 Å². The molecule has 0 radical (unpaired) electrons. The molecule has 0 N–H and O–H groups in total. The third-order valence-electron chi connectivity index (χ3n) is 3.10. The van der Waals surface area contributed by atoms with Gasteiger partial charge in [-0.05, 0) is 45.9 Å². The standard InChI is InChI=1S/C12H24N2S/c1-13-8-5-12(6-9-13)11-14(2)7-3-4-10-15/h3-4,12,15H,5-11H2,1-2H3. The molecule has 0 bridgehead atoms. The Morgan fingerprint density at radius 2 is 2.00 bits per heavy atom. The maximum absolute atomic E-state index is 4.15. The van der Waals surface area contributed by atoms with Gasteiger partial charge in [0.2, 0.25) is 0 Å². The molecule has 0 aromatic heterocycles. The number of nitrogens with zero attached hydrogens (tertiary/aromatic N) is 2. The van der Waals surface area contributed by atoms with Gasteiger partial charge in [0.1, 0.15) is 0 Å². The summed E-state index contributed by atoms with van der Waals surface area (Å²) in [5.41, 5.74) is 0. The van der Waals surface area contributed by atoms with E-state index in [0.717, 1.165) is 18.2 Å². The van der Waals surface area contributed by atoms with E-state index in [1.54, 1.807) is 0 Å². The molecule has 0 amide bonds. The Morgan fingerprint density at radius 1 is 1.33 bits per heavy atom. The largest absolute Gasteiger partial charge is 0.306 e. The smallest absolute Gasteiger partial charge is 0.0160 e. The van der Waals surface area contributed by atoms with E-state index < -0.39 is 0 Å². The Balaban J connectivity index is 2.14. The topological polar surface area (TPSA) is 6.48 Å². The number of thiol groups is 1. The molecular formula is C12H24N2S. The first-order valence-corrected chi connectivity index (χ1v) is 6.48. The first-order chi connectivity index (χ1) is 7.22. The molecule has 0 atom stereocenters. The van der Waals surface area contributed by atoms with Crippen LogP contribution in [-0.2, 0) is 0 Å². The van der Waals surface area contributed by atoms with E-state index in [1.165, 1.54) is 32.5 Å². The van der Waals surface area contributed by atoms with Gasteiger partial charge >= 0.3 is 0 Å². The van der Waals surface area contributed by atoms with Crippen LogP contribution in [0.5, 0.6) is 0 Å². The van der Waals surface area contributed by atoms with Gasteiger partial charge < -0.3 is 9.80 Å². The van der Waals surface area contributed by atoms with Gasteiger partial charge in [-0.3, -0.25) is 0 Å². The summed E-state index contributed by atoms with van der Waals surface area (Å²) in [5.74, 6) is 1.75. The first-order valence-electron chi connectivity index (χ1n) is 5.85. The average molecular weight is 228 g/mol. The molecule has 2 nitrogen and oxygen atoms in total. The van der Waals surface area contributed by atoms with E-state index in [4.69, 9.17) is 0 Å². The summed E-state index contributed by atoms with van der Waals surface area (Å²) in [5, 5.41) is 0. The highest BCUT2D eigenvalue weighted by Crippen LogP contribution is 2.16. The average Bonchev–Trinajstić information content (AvgIpc) is 2.22. The molecule has 1 rings (SSSR count). The molecule has 0 aromatic carbocycles.